The van der Waals surface area contributed by atoms with Crippen LogP contribution in [0.15, 0.2) is 28.7 Å². The van der Waals surface area contributed by atoms with Gasteiger partial charge in [0.2, 0.25) is 5.60 Å². The molecule has 2 rings (SSSR count). The molecule has 0 unspecified atom stereocenters. The topological polar surface area (TPSA) is 46.5 Å². The number of carbonyl (C=O) groups is 1. The van der Waals surface area contributed by atoms with Crippen LogP contribution in [0.25, 0.3) is 0 Å². The summed E-state index contributed by atoms with van der Waals surface area (Å²) < 4.78 is 6.65. The Morgan fingerprint density at radius 3 is 2.59 bits per heavy atom. The lowest BCUT2D eigenvalue weighted by molar-refractivity contribution is -0.158. The van der Waals surface area contributed by atoms with Crippen LogP contribution >= 0.6 is 15.9 Å². The highest BCUT2D eigenvalue weighted by atomic mass is 79.9. The van der Waals surface area contributed by atoms with Gasteiger partial charge >= 0.3 is 5.97 Å². The fourth-order valence-electron chi connectivity index (χ4n) is 2.24. The van der Waals surface area contributed by atoms with Crippen molar-refractivity contribution < 1.29 is 14.6 Å². The maximum atomic E-state index is 11.4. The molecule has 1 N–H and O–H groups in total. The molecule has 0 bridgehead atoms. The Bertz CT molecular complexity index is 411. The molecule has 1 saturated carbocycles. The van der Waals surface area contributed by atoms with E-state index in [1.807, 2.05) is 12.1 Å². The third-order valence-corrected chi connectivity index (χ3v) is 3.65. The van der Waals surface area contributed by atoms with Gasteiger partial charge in [-0.05, 0) is 43.9 Å². The molecule has 17 heavy (non-hydrogen) atoms. The zero-order valence-electron chi connectivity index (χ0n) is 9.49. The van der Waals surface area contributed by atoms with Gasteiger partial charge in [-0.15, -0.1) is 0 Å². The van der Waals surface area contributed by atoms with Gasteiger partial charge in [0.25, 0.3) is 0 Å². The maximum Gasteiger partial charge on any atom is 0.348 e. The fourth-order valence-corrected chi connectivity index (χ4v) is 2.62. The summed E-state index contributed by atoms with van der Waals surface area (Å²) in [5, 5.41) is 9.38. The van der Waals surface area contributed by atoms with Crippen molar-refractivity contribution in [3.63, 3.8) is 0 Å². The van der Waals surface area contributed by atoms with Crippen molar-refractivity contribution in [3.05, 3.63) is 28.7 Å². The SMILES string of the molecule is O=C(O)C1(Oc2cccc(Br)c2)CCCCC1. The third-order valence-electron chi connectivity index (χ3n) is 3.16. The Morgan fingerprint density at radius 1 is 1.29 bits per heavy atom. The zero-order chi connectivity index (χ0) is 12.3. The zero-order valence-corrected chi connectivity index (χ0v) is 11.1. The molecular formula is C13H15BrO3. The van der Waals surface area contributed by atoms with E-state index in [4.69, 9.17) is 4.74 Å². The Hall–Kier alpha value is -1.03. The molecule has 0 radical (unpaired) electrons. The van der Waals surface area contributed by atoms with Gasteiger partial charge in [0, 0.05) is 4.47 Å². The minimum Gasteiger partial charge on any atom is -0.478 e. The largest absolute Gasteiger partial charge is 0.478 e. The van der Waals surface area contributed by atoms with Crippen LogP contribution in [0.5, 0.6) is 5.75 Å². The molecule has 1 aromatic rings. The van der Waals surface area contributed by atoms with Crippen molar-refractivity contribution in [3.8, 4) is 5.75 Å². The van der Waals surface area contributed by atoms with E-state index in [1.165, 1.54) is 0 Å². The molecule has 1 aromatic carbocycles. The first-order chi connectivity index (χ1) is 8.12. The highest BCUT2D eigenvalue weighted by Crippen LogP contribution is 2.34. The standard InChI is InChI=1S/C13H15BrO3/c14-10-5-4-6-11(9-10)17-13(12(15)16)7-2-1-3-8-13/h4-6,9H,1-3,7-8H2,(H,15,16). The number of ether oxygens (including phenoxy) is 1. The second kappa shape index (κ2) is 5.08. The molecule has 1 aliphatic rings. The lowest BCUT2D eigenvalue weighted by Crippen LogP contribution is -2.46. The van der Waals surface area contributed by atoms with Crippen LogP contribution in [0.4, 0.5) is 0 Å². The van der Waals surface area contributed by atoms with Crippen molar-refractivity contribution in [2.24, 2.45) is 0 Å². The molecule has 0 heterocycles. The van der Waals surface area contributed by atoms with Crippen LogP contribution in [0.2, 0.25) is 0 Å². The number of hydrogen-bond acceptors (Lipinski definition) is 2. The lowest BCUT2D eigenvalue weighted by Gasteiger charge is -2.33. The first-order valence-electron chi connectivity index (χ1n) is 5.80. The number of rotatable bonds is 3. The number of aliphatic carboxylic acids is 1. The summed E-state index contributed by atoms with van der Waals surface area (Å²) in [5.41, 5.74) is -1.03. The molecule has 0 aliphatic heterocycles. The van der Waals surface area contributed by atoms with Crippen molar-refractivity contribution >= 4 is 21.9 Å². The quantitative estimate of drug-likeness (QED) is 0.927. The average Bonchev–Trinajstić information content (AvgIpc) is 2.30. The molecular weight excluding hydrogens is 284 g/mol. The number of carboxylic acid groups (broad SMARTS) is 1. The number of benzene rings is 1. The van der Waals surface area contributed by atoms with Crippen molar-refractivity contribution in [1.29, 1.82) is 0 Å². The summed E-state index contributed by atoms with van der Waals surface area (Å²) in [6.07, 6.45) is 4.11. The summed E-state index contributed by atoms with van der Waals surface area (Å²) in [6, 6.07) is 7.34. The number of hydrogen-bond donors (Lipinski definition) is 1. The van der Waals surface area contributed by atoms with Crippen molar-refractivity contribution in [2.45, 2.75) is 37.7 Å². The smallest absolute Gasteiger partial charge is 0.348 e. The van der Waals surface area contributed by atoms with Crippen molar-refractivity contribution in [2.75, 3.05) is 0 Å². The normalized spacial score (nSPS) is 18.6. The molecule has 1 fully saturated rings. The first kappa shape index (κ1) is 12.4. The number of halogens is 1. The minimum absolute atomic E-state index is 0.592. The van der Waals surface area contributed by atoms with E-state index in [0.717, 1.165) is 23.7 Å². The molecule has 0 aromatic heterocycles. The van der Waals surface area contributed by atoms with E-state index in [2.05, 4.69) is 15.9 Å². The second-order valence-corrected chi connectivity index (χ2v) is 5.34. The van der Waals surface area contributed by atoms with Crippen molar-refractivity contribution in [1.82, 2.24) is 0 Å². The molecule has 1 aliphatic carbocycles. The van der Waals surface area contributed by atoms with Gasteiger partial charge in [0.1, 0.15) is 5.75 Å². The van der Waals surface area contributed by atoms with Crippen LogP contribution < -0.4 is 4.74 Å². The van der Waals surface area contributed by atoms with E-state index in [9.17, 15) is 9.90 Å². The van der Waals surface area contributed by atoms with Crippen LogP contribution in [-0.2, 0) is 4.79 Å². The molecule has 0 spiro atoms. The van der Waals surface area contributed by atoms with Crippen LogP contribution in [0, 0.1) is 0 Å². The molecule has 0 atom stereocenters. The van der Waals surface area contributed by atoms with Gasteiger partial charge in [-0.1, -0.05) is 28.4 Å². The summed E-state index contributed by atoms with van der Waals surface area (Å²) >= 11 is 3.35. The highest BCUT2D eigenvalue weighted by Gasteiger charge is 2.42. The van der Waals surface area contributed by atoms with Crippen LogP contribution in [-0.4, -0.2) is 16.7 Å². The van der Waals surface area contributed by atoms with Crippen LogP contribution in [0.1, 0.15) is 32.1 Å². The average molecular weight is 299 g/mol. The van der Waals surface area contributed by atoms with Crippen LogP contribution in [0.3, 0.4) is 0 Å². The van der Waals surface area contributed by atoms with Gasteiger partial charge in [0.05, 0.1) is 0 Å². The second-order valence-electron chi connectivity index (χ2n) is 4.42. The van der Waals surface area contributed by atoms with Gasteiger partial charge in [-0.3, -0.25) is 0 Å². The third kappa shape index (κ3) is 2.80. The Balaban J connectivity index is 2.20. The summed E-state index contributed by atoms with van der Waals surface area (Å²) in [6.45, 7) is 0. The van der Waals surface area contributed by atoms with E-state index in [0.29, 0.717) is 18.6 Å². The maximum absolute atomic E-state index is 11.4. The Kier molecular flexibility index (Phi) is 3.72. The van der Waals surface area contributed by atoms with Gasteiger partial charge in [0.15, 0.2) is 0 Å². The number of carboxylic acids is 1. The van der Waals surface area contributed by atoms with Gasteiger partial charge < -0.3 is 9.84 Å². The monoisotopic (exact) mass is 298 g/mol. The predicted octanol–water partition coefficient (Wildman–Crippen LogP) is 3.62. The lowest BCUT2D eigenvalue weighted by atomic mass is 9.84. The van der Waals surface area contributed by atoms with Gasteiger partial charge in [-0.25, -0.2) is 4.79 Å². The van der Waals surface area contributed by atoms with E-state index in [-0.39, 0.29) is 0 Å². The summed E-state index contributed by atoms with van der Waals surface area (Å²) in [7, 11) is 0. The van der Waals surface area contributed by atoms with Gasteiger partial charge in [-0.2, -0.15) is 0 Å². The van der Waals surface area contributed by atoms with E-state index in [1.54, 1.807) is 12.1 Å². The highest BCUT2D eigenvalue weighted by molar-refractivity contribution is 9.10. The minimum atomic E-state index is -1.03. The predicted molar refractivity (Wildman–Crippen MR) is 68.2 cm³/mol. The summed E-state index contributed by atoms with van der Waals surface area (Å²) in [5.74, 6) is -0.235. The van der Waals surface area contributed by atoms with E-state index < -0.39 is 11.6 Å². The summed E-state index contributed by atoms with van der Waals surface area (Å²) in [4.78, 5) is 11.4. The first-order valence-corrected chi connectivity index (χ1v) is 6.60. The molecule has 3 nitrogen and oxygen atoms in total. The Morgan fingerprint density at radius 2 is 2.00 bits per heavy atom. The Labute approximate surface area is 109 Å². The molecule has 92 valence electrons. The molecule has 0 saturated heterocycles. The molecule has 4 heteroatoms. The fraction of sp³-hybridized carbons (Fsp3) is 0.462. The molecule has 0 amide bonds. The van der Waals surface area contributed by atoms with E-state index >= 15 is 0 Å².